The van der Waals surface area contributed by atoms with Crippen molar-refractivity contribution >= 4 is 18.1 Å². The van der Waals surface area contributed by atoms with Gasteiger partial charge in [0.15, 0.2) is 28.0 Å². The van der Waals surface area contributed by atoms with E-state index in [2.05, 4.69) is 10.3 Å². The SMILES string of the molecule is O=C(Cc1[nH]c(=S)n2c1C[C@H](c1c(F)c(F)cc(F)c1F)C2)N[C@H]1CCOC1. The van der Waals surface area contributed by atoms with Crippen molar-refractivity contribution in [2.45, 2.75) is 37.8 Å². The molecule has 0 unspecified atom stereocenters. The number of halogens is 4. The molecule has 2 aliphatic heterocycles. The number of fused-ring (bicyclic) bond motifs is 1. The Morgan fingerprint density at radius 1 is 1.29 bits per heavy atom. The lowest BCUT2D eigenvalue weighted by atomic mass is 9.94. The molecule has 150 valence electrons. The molecule has 28 heavy (non-hydrogen) atoms. The molecule has 0 bridgehead atoms. The number of aromatic nitrogens is 2. The maximum absolute atomic E-state index is 14.2. The first-order valence-corrected chi connectivity index (χ1v) is 9.26. The normalized spacial score (nSPS) is 21.1. The quantitative estimate of drug-likeness (QED) is 0.459. The zero-order valence-corrected chi connectivity index (χ0v) is 15.5. The number of ether oxygens (including phenoxy) is 1. The summed E-state index contributed by atoms with van der Waals surface area (Å²) in [4.78, 5) is 15.2. The van der Waals surface area contributed by atoms with Crippen LogP contribution in [-0.4, -0.2) is 34.7 Å². The van der Waals surface area contributed by atoms with E-state index in [4.69, 9.17) is 17.0 Å². The molecular weight excluding hydrogens is 398 g/mol. The Labute approximate surface area is 162 Å². The Balaban J connectivity index is 1.57. The standard InChI is InChI=1S/C18H17F4N3O2S/c19-10-4-11(20)17(22)15(16(10)21)8-3-13-12(24-18(28)25(13)6-8)5-14(26)23-9-1-2-27-7-9/h4,8-9H,1-3,5-7H2,(H,23,26)(H,24,28)/t8-,9-/m0/s1. The lowest BCUT2D eigenvalue weighted by molar-refractivity contribution is -0.121. The van der Waals surface area contributed by atoms with Gasteiger partial charge in [-0.05, 0) is 25.1 Å². The van der Waals surface area contributed by atoms with Crippen molar-refractivity contribution in [1.82, 2.24) is 14.9 Å². The van der Waals surface area contributed by atoms with Crippen LogP contribution in [-0.2, 0) is 28.9 Å². The largest absolute Gasteiger partial charge is 0.379 e. The summed E-state index contributed by atoms with van der Waals surface area (Å²) in [5.41, 5.74) is 0.506. The van der Waals surface area contributed by atoms with Crippen molar-refractivity contribution in [2.24, 2.45) is 0 Å². The van der Waals surface area contributed by atoms with Gasteiger partial charge in [0.2, 0.25) is 5.91 Å². The first-order chi connectivity index (χ1) is 13.3. The number of carbonyl (C=O) groups is 1. The number of benzene rings is 1. The third kappa shape index (κ3) is 3.35. The van der Waals surface area contributed by atoms with E-state index in [1.54, 1.807) is 4.57 Å². The fraction of sp³-hybridized carbons (Fsp3) is 0.444. The van der Waals surface area contributed by atoms with Crippen LogP contribution in [0.15, 0.2) is 6.07 Å². The van der Waals surface area contributed by atoms with E-state index in [0.717, 1.165) is 6.42 Å². The predicted molar refractivity (Wildman–Crippen MR) is 93.4 cm³/mol. The Morgan fingerprint density at radius 2 is 2.00 bits per heavy atom. The second kappa shape index (κ2) is 7.32. The highest BCUT2D eigenvalue weighted by Crippen LogP contribution is 2.36. The molecule has 1 amide bonds. The maximum atomic E-state index is 14.2. The highest BCUT2D eigenvalue weighted by atomic mass is 32.1. The van der Waals surface area contributed by atoms with Gasteiger partial charge in [0.1, 0.15) is 0 Å². The summed E-state index contributed by atoms with van der Waals surface area (Å²) in [5.74, 6) is -6.72. The minimum absolute atomic E-state index is 0.0116. The summed E-state index contributed by atoms with van der Waals surface area (Å²) in [6.45, 7) is 1.12. The molecule has 0 spiro atoms. The minimum Gasteiger partial charge on any atom is -0.379 e. The molecule has 1 fully saturated rings. The number of hydrogen-bond acceptors (Lipinski definition) is 3. The molecule has 10 heteroatoms. The average molecular weight is 415 g/mol. The number of aromatic amines is 1. The van der Waals surface area contributed by atoms with Gasteiger partial charge < -0.3 is 19.6 Å². The van der Waals surface area contributed by atoms with Crippen molar-refractivity contribution in [3.8, 4) is 0 Å². The summed E-state index contributed by atoms with van der Waals surface area (Å²) >= 11 is 5.24. The Hall–Kier alpha value is -2.20. The van der Waals surface area contributed by atoms with Gasteiger partial charge in [0, 0.05) is 42.1 Å². The number of amides is 1. The molecule has 4 rings (SSSR count). The van der Waals surface area contributed by atoms with Crippen molar-refractivity contribution in [3.05, 3.63) is 51.1 Å². The van der Waals surface area contributed by atoms with Crippen LogP contribution >= 0.6 is 12.2 Å². The van der Waals surface area contributed by atoms with E-state index in [0.29, 0.717) is 29.4 Å². The van der Waals surface area contributed by atoms with E-state index < -0.39 is 34.8 Å². The molecule has 2 N–H and O–H groups in total. The summed E-state index contributed by atoms with van der Waals surface area (Å²) in [6.07, 6.45) is 0.859. The number of rotatable bonds is 4. The number of carbonyl (C=O) groups excluding carboxylic acids is 1. The first kappa shape index (κ1) is 19.1. The van der Waals surface area contributed by atoms with Gasteiger partial charge in [-0.3, -0.25) is 4.79 Å². The van der Waals surface area contributed by atoms with Crippen LogP contribution in [0.4, 0.5) is 17.6 Å². The average Bonchev–Trinajstić information content (AvgIpc) is 3.34. The van der Waals surface area contributed by atoms with Gasteiger partial charge in [-0.1, -0.05) is 0 Å². The predicted octanol–water partition coefficient (Wildman–Crippen LogP) is 2.89. The molecule has 5 nitrogen and oxygen atoms in total. The van der Waals surface area contributed by atoms with Crippen molar-refractivity contribution in [1.29, 1.82) is 0 Å². The molecule has 2 atom stereocenters. The van der Waals surface area contributed by atoms with Crippen LogP contribution in [0.3, 0.4) is 0 Å². The fourth-order valence-electron chi connectivity index (χ4n) is 3.88. The van der Waals surface area contributed by atoms with Crippen LogP contribution in [0.5, 0.6) is 0 Å². The fourth-order valence-corrected chi connectivity index (χ4v) is 4.18. The minimum atomic E-state index is -1.44. The van der Waals surface area contributed by atoms with Crippen LogP contribution in [0.1, 0.15) is 29.3 Å². The molecule has 1 aromatic carbocycles. The van der Waals surface area contributed by atoms with Gasteiger partial charge in [0.05, 0.1) is 19.1 Å². The van der Waals surface area contributed by atoms with E-state index in [-0.39, 0.29) is 37.4 Å². The summed E-state index contributed by atoms with van der Waals surface area (Å²) < 4.78 is 62.6. The second-order valence-electron chi connectivity index (χ2n) is 7.05. The molecule has 1 aromatic heterocycles. The molecule has 0 radical (unpaired) electrons. The summed E-state index contributed by atoms with van der Waals surface area (Å²) in [5, 5.41) is 2.86. The number of nitrogens with zero attached hydrogens (tertiary/aromatic N) is 1. The number of hydrogen-bond donors (Lipinski definition) is 2. The third-order valence-corrected chi connectivity index (χ3v) is 5.53. The lowest BCUT2D eigenvalue weighted by Gasteiger charge is -2.13. The van der Waals surface area contributed by atoms with Crippen LogP contribution in [0, 0.1) is 28.0 Å². The smallest absolute Gasteiger partial charge is 0.226 e. The van der Waals surface area contributed by atoms with Crippen molar-refractivity contribution in [2.75, 3.05) is 13.2 Å². The number of nitrogens with one attached hydrogen (secondary N) is 2. The number of H-pyrrole nitrogens is 1. The van der Waals surface area contributed by atoms with Crippen LogP contribution in [0.2, 0.25) is 0 Å². The van der Waals surface area contributed by atoms with E-state index in [1.165, 1.54) is 0 Å². The highest BCUT2D eigenvalue weighted by Gasteiger charge is 2.33. The van der Waals surface area contributed by atoms with Crippen molar-refractivity contribution < 1.29 is 27.1 Å². The van der Waals surface area contributed by atoms with Gasteiger partial charge in [0.25, 0.3) is 0 Å². The molecule has 2 aromatic rings. The Morgan fingerprint density at radius 3 is 2.64 bits per heavy atom. The molecular formula is C18H17F4N3O2S. The Kier molecular flexibility index (Phi) is 5.00. The number of imidazole rings is 1. The monoisotopic (exact) mass is 415 g/mol. The van der Waals surface area contributed by atoms with E-state index >= 15 is 0 Å². The zero-order chi connectivity index (χ0) is 20.0. The van der Waals surface area contributed by atoms with Crippen LogP contribution < -0.4 is 5.32 Å². The molecule has 0 saturated carbocycles. The summed E-state index contributed by atoms with van der Waals surface area (Å²) in [6, 6.07) is 0.149. The zero-order valence-electron chi connectivity index (χ0n) is 14.7. The maximum Gasteiger partial charge on any atom is 0.226 e. The van der Waals surface area contributed by atoms with Gasteiger partial charge in [-0.2, -0.15) is 0 Å². The summed E-state index contributed by atoms with van der Waals surface area (Å²) in [7, 11) is 0. The topological polar surface area (TPSA) is 59.0 Å². The van der Waals surface area contributed by atoms with Gasteiger partial charge >= 0.3 is 0 Å². The molecule has 3 heterocycles. The lowest BCUT2D eigenvalue weighted by Crippen LogP contribution is -2.36. The molecule has 2 aliphatic rings. The second-order valence-corrected chi connectivity index (χ2v) is 7.44. The molecule has 1 saturated heterocycles. The van der Waals surface area contributed by atoms with Gasteiger partial charge in [-0.25, -0.2) is 17.6 Å². The third-order valence-electron chi connectivity index (χ3n) is 5.21. The first-order valence-electron chi connectivity index (χ1n) is 8.85. The van der Waals surface area contributed by atoms with Crippen LogP contribution in [0.25, 0.3) is 0 Å². The van der Waals surface area contributed by atoms with Crippen molar-refractivity contribution in [3.63, 3.8) is 0 Å². The van der Waals surface area contributed by atoms with E-state index in [1.807, 2.05) is 0 Å². The van der Waals surface area contributed by atoms with E-state index in [9.17, 15) is 22.4 Å². The van der Waals surface area contributed by atoms with Gasteiger partial charge in [-0.15, -0.1) is 0 Å². The highest BCUT2D eigenvalue weighted by molar-refractivity contribution is 7.71. The molecule has 0 aliphatic carbocycles. The Bertz CT molecular complexity index is 971.